The van der Waals surface area contributed by atoms with Gasteiger partial charge in [0.15, 0.2) is 5.03 Å². The molecule has 2 N–H and O–H groups in total. The van der Waals surface area contributed by atoms with Crippen molar-refractivity contribution in [2.24, 2.45) is 5.14 Å². The van der Waals surface area contributed by atoms with Crippen molar-refractivity contribution in [1.29, 1.82) is 0 Å². The van der Waals surface area contributed by atoms with Gasteiger partial charge in [0.1, 0.15) is 5.69 Å². The Bertz CT molecular complexity index is 494. The number of sulfonamides is 1. The fraction of sp³-hybridized carbons (Fsp3) is 0.167. The van der Waals surface area contributed by atoms with Crippen LogP contribution in [-0.2, 0) is 10.0 Å². The van der Waals surface area contributed by atoms with Crippen molar-refractivity contribution in [3.8, 4) is 0 Å². The lowest BCUT2D eigenvalue weighted by Gasteiger charge is -2.06. The lowest BCUT2D eigenvalue weighted by atomic mass is 10.4. The first-order valence-corrected chi connectivity index (χ1v) is 6.40. The van der Waals surface area contributed by atoms with Gasteiger partial charge in [-0.1, -0.05) is 11.6 Å². The van der Waals surface area contributed by atoms with Crippen LogP contribution in [0.1, 0.15) is 12.1 Å². The van der Waals surface area contributed by atoms with Crippen LogP contribution in [0.3, 0.4) is 0 Å². The van der Waals surface area contributed by atoms with Gasteiger partial charge in [0.2, 0.25) is 0 Å². The summed E-state index contributed by atoms with van der Waals surface area (Å²) >= 11 is 7.12. The van der Waals surface area contributed by atoms with Crippen molar-refractivity contribution in [3.05, 3.63) is 20.4 Å². The van der Waals surface area contributed by atoms with E-state index in [2.05, 4.69) is 4.98 Å². The molecule has 1 aromatic rings. The van der Waals surface area contributed by atoms with Gasteiger partial charge in [-0.25, -0.2) is 27.3 Å². The summed E-state index contributed by atoms with van der Waals surface area (Å²) in [5.74, 6) is 0. The van der Waals surface area contributed by atoms with E-state index in [4.69, 9.17) is 16.7 Å². The van der Waals surface area contributed by atoms with Gasteiger partial charge < -0.3 is 0 Å². The van der Waals surface area contributed by atoms with Crippen molar-refractivity contribution in [2.45, 2.75) is 11.5 Å². The molecular formula is C6H4ClF2IN2O2S. The Balaban J connectivity index is 3.50. The first kappa shape index (κ1) is 13.0. The number of alkyl halides is 2. The van der Waals surface area contributed by atoms with Crippen LogP contribution in [0.25, 0.3) is 0 Å². The molecule has 0 saturated heterocycles. The van der Waals surface area contributed by atoms with E-state index in [1.165, 1.54) is 0 Å². The average Bonchev–Trinajstić information content (AvgIpc) is 2.06. The number of rotatable bonds is 2. The molecule has 0 amide bonds. The van der Waals surface area contributed by atoms with Crippen LogP contribution in [0.2, 0.25) is 5.02 Å². The molecular weight excluding hydrogens is 364 g/mol. The van der Waals surface area contributed by atoms with Crippen molar-refractivity contribution in [3.63, 3.8) is 0 Å². The number of aromatic nitrogens is 1. The molecule has 0 aliphatic heterocycles. The van der Waals surface area contributed by atoms with E-state index in [0.29, 0.717) is 0 Å². The predicted molar refractivity (Wildman–Crippen MR) is 58.3 cm³/mol. The second-order valence-corrected chi connectivity index (χ2v) is 5.48. The second-order valence-electron chi connectivity index (χ2n) is 2.49. The standard InChI is InChI=1S/C6H4ClF2IN2O2S/c7-2-1-3(15(11,13)14)12-5(4(2)10)6(8)9/h1,6H,(H2,11,13,14). The molecule has 0 aliphatic rings. The molecule has 9 heteroatoms. The molecule has 0 radical (unpaired) electrons. The average molecular weight is 369 g/mol. The number of nitrogens with zero attached hydrogens (tertiary/aromatic N) is 1. The van der Waals surface area contributed by atoms with Crippen LogP contribution in [0.5, 0.6) is 0 Å². The smallest absolute Gasteiger partial charge is 0.233 e. The highest BCUT2D eigenvalue weighted by molar-refractivity contribution is 14.1. The molecule has 0 saturated carbocycles. The Kier molecular flexibility index (Phi) is 3.85. The Hall–Kier alpha value is -0.0600. The van der Waals surface area contributed by atoms with E-state index in [1.54, 1.807) is 22.6 Å². The van der Waals surface area contributed by atoms with Gasteiger partial charge >= 0.3 is 0 Å². The molecule has 1 rings (SSSR count). The largest absolute Gasteiger partial charge is 0.281 e. The van der Waals surface area contributed by atoms with Gasteiger partial charge in [-0.05, 0) is 28.7 Å². The van der Waals surface area contributed by atoms with Crippen LogP contribution in [0.4, 0.5) is 8.78 Å². The van der Waals surface area contributed by atoms with Gasteiger partial charge in [-0.3, -0.25) is 0 Å². The van der Waals surface area contributed by atoms with Crippen LogP contribution in [0, 0.1) is 3.57 Å². The first-order chi connectivity index (χ1) is 6.73. The van der Waals surface area contributed by atoms with E-state index in [-0.39, 0.29) is 8.59 Å². The van der Waals surface area contributed by atoms with E-state index < -0.39 is 27.2 Å². The van der Waals surface area contributed by atoms with Gasteiger partial charge in [-0.15, -0.1) is 0 Å². The summed E-state index contributed by atoms with van der Waals surface area (Å²) in [5.41, 5.74) is -0.688. The number of primary sulfonamides is 1. The molecule has 84 valence electrons. The third-order valence-corrected chi connectivity index (χ3v) is 3.96. The zero-order valence-corrected chi connectivity index (χ0v) is 10.6. The minimum Gasteiger partial charge on any atom is -0.233 e. The van der Waals surface area contributed by atoms with Crippen LogP contribution in [0.15, 0.2) is 11.1 Å². The van der Waals surface area contributed by atoms with Gasteiger partial charge in [0, 0.05) is 0 Å². The molecule has 4 nitrogen and oxygen atoms in total. The lowest BCUT2D eigenvalue weighted by molar-refractivity contribution is 0.144. The molecule has 0 atom stereocenters. The van der Waals surface area contributed by atoms with Gasteiger partial charge in [0.05, 0.1) is 8.59 Å². The van der Waals surface area contributed by atoms with Crippen LogP contribution < -0.4 is 5.14 Å². The summed E-state index contributed by atoms with van der Waals surface area (Å²) in [7, 11) is -4.13. The lowest BCUT2D eigenvalue weighted by Crippen LogP contribution is -2.15. The summed E-state index contributed by atoms with van der Waals surface area (Å²) < 4.78 is 46.6. The number of hydrogen-bond donors (Lipinski definition) is 1. The van der Waals surface area contributed by atoms with Crippen molar-refractivity contribution < 1.29 is 17.2 Å². The monoisotopic (exact) mass is 368 g/mol. The summed E-state index contributed by atoms with van der Waals surface area (Å²) in [5, 5.41) is 3.96. The van der Waals surface area contributed by atoms with Crippen molar-refractivity contribution in [2.75, 3.05) is 0 Å². The molecule has 1 heterocycles. The minimum atomic E-state index is -4.13. The van der Waals surface area contributed by atoms with E-state index in [9.17, 15) is 17.2 Å². The molecule has 0 bridgehead atoms. The normalized spacial score (nSPS) is 12.1. The summed E-state index contributed by atoms with van der Waals surface area (Å²) in [4.78, 5) is 3.25. The molecule has 0 fully saturated rings. The van der Waals surface area contributed by atoms with Crippen LogP contribution in [-0.4, -0.2) is 13.4 Å². The first-order valence-electron chi connectivity index (χ1n) is 3.40. The van der Waals surface area contributed by atoms with E-state index >= 15 is 0 Å². The van der Waals surface area contributed by atoms with Crippen molar-refractivity contribution >= 4 is 44.2 Å². The molecule has 0 aromatic carbocycles. The predicted octanol–water partition coefficient (Wildman–Crippen LogP) is 1.92. The molecule has 0 spiro atoms. The fourth-order valence-corrected chi connectivity index (χ4v) is 2.07. The zero-order valence-electron chi connectivity index (χ0n) is 6.92. The molecule has 1 aromatic heterocycles. The number of nitrogens with two attached hydrogens (primary N) is 1. The zero-order chi connectivity index (χ0) is 11.8. The summed E-state index contributed by atoms with van der Waals surface area (Å²) in [6, 6.07) is 0.935. The highest BCUT2D eigenvalue weighted by Crippen LogP contribution is 2.29. The van der Waals surface area contributed by atoms with E-state index in [0.717, 1.165) is 6.07 Å². The highest BCUT2D eigenvalue weighted by Gasteiger charge is 2.21. The third kappa shape index (κ3) is 2.95. The van der Waals surface area contributed by atoms with Gasteiger partial charge in [0.25, 0.3) is 16.4 Å². The summed E-state index contributed by atoms with van der Waals surface area (Å²) in [6.07, 6.45) is -2.91. The maximum Gasteiger partial charge on any atom is 0.281 e. The molecule has 15 heavy (non-hydrogen) atoms. The maximum absolute atomic E-state index is 12.4. The Morgan fingerprint density at radius 3 is 2.47 bits per heavy atom. The quantitative estimate of drug-likeness (QED) is 0.811. The SMILES string of the molecule is NS(=O)(=O)c1cc(Cl)c(I)c(C(F)F)n1. The van der Waals surface area contributed by atoms with Gasteiger partial charge in [-0.2, -0.15) is 0 Å². The number of halogens is 4. The fourth-order valence-electron chi connectivity index (χ4n) is 0.785. The molecule has 0 unspecified atom stereocenters. The second kappa shape index (κ2) is 4.44. The number of pyridine rings is 1. The van der Waals surface area contributed by atoms with Crippen LogP contribution >= 0.6 is 34.2 Å². The number of hydrogen-bond acceptors (Lipinski definition) is 3. The van der Waals surface area contributed by atoms with Crippen molar-refractivity contribution in [1.82, 2.24) is 4.98 Å². The Morgan fingerprint density at radius 2 is 2.07 bits per heavy atom. The van der Waals surface area contributed by atoms with E-state index in [1.807, 2.05) is 0 Å². The highest BCUT2D eigenvalue weighted by atomic mass is 127. The Morgan fingerprint density at radius 1 is 1.53 bits per heavy atom. The molecule has 0 aliphatic carbocycles. The topological polar surface area (TPSA) is 73.1 Å². The summed E-state index contributed by atoms with van der Waals surface area (Å²) in [6.45, 7) is 0. The minimum absolute atomic E-state index is 0.0108. The third-order valence-electron chi connectivity index (χ3n) is 1.41. The maximum atomic E-state index is 12.4. The Labute approximate surface area is 103 Å².